The van der Waals surface area contributed by atoms with Crippen molar-refractivity contribution in [3.63, 3.8) is 0 Å². The highest BCUT2D eigenvalue weighted by molar-refractivity contribution is 7.16. The van der Waals surface area contributed by atoms with E-state index < -0.39 is 0 Å². The summed E-state index contributed by atoms with van der Waals surface area (Å²) in [6.07, 6.45) is 5.07. The number of thiazole rings is 1. The van der Waals surface area contributed by atoms with E-state index in [4.69, 9.17) is 4.74 Å². The molecule has 2 aromatic heterocycles. The number of pyridine rings is 1. The van der Waals surface area contributed by atoms with Gasteiger partial charge < -0.3 is 4.74 Å². The summed E-state index contributed by atoms with van der Waals surface area (Å²) in [6, 6.07) is 9.52. The first kappa shape index (κ1) is 14.8. The maximum Gasteiger partial charge on any atom is 0.259 e. The van der Waals surface area contributed by atoms with Crippen molar-refractivity contribution in [1.29, 1.82) is 0 Å². The summed E-state index contributed by atoms with van der Waals surface area (Å²) < 4.78 is 5.29. The Kier molecular flexibility index (Phi) is 3.74. The Hall–Kier alpha value is -2.73. The average Bonchev–Trinajstić information content (AvgIpc) is 3.04. The summed E-state index contributed by atoms with van der Waals surface area (Å²) in [5.74, 6) is 0.668. The number of methoxy groups -OCH3 is 1. The van der Waals surface area contributed by atoms with Crippen LogP contribution in [0.25, 0.3) is 11.3 Å². The van der Waals surface area contributed by atoms with Gasteiger partial charge in [-0.05, 0) is 48.7 Å². The van der Waals surface area contributed by atoms with Crippen LogP contribution in [0.3, 0.4) is 0 Å². The number of nitrogens with one attached hydrogen (secondary N) is 1. The lowest BCUT2D eigenvalue weighted by molar-refractivity contribution is 0.102. The molecule has 0 fully saturated rings. The van der Waals surface area contributed by atoms with Crippen molar-refractivity contribution in [2.45, 2.75) is 12.8 Å². The third-order valence-electron chi connectivity index (χ3n) is 4.03. The van der Waals surface area contributed by atoms with E-state index in [1.165, 1.54) is 21.8 Å². The first-order chi connectivity index (χ1) is 11.7. The molecule has 120 valence electrons. The molecule has 5 nitrogen and oxygen atoms in total. The van der Waals surface area contributed by atoms with Gasteiger partial charge in [0.2, 0.25) is 0 Å². The molecule has 1 aliphatic carbocycles. The van der Waals surface area contributed by atoms with E-state index in [0.717, 1.165) is 29.8 Å². The number of carbonyl (C=O) groups excluding carboxylic acids is 1. The normalized spacial score (nSPS) is 12.2. The van der Waals surface area contributed by atoms with Crippen LogP contribution in [0.15, 0.2) is 42.7 Å². The first-order valence-electron chi connectivity index (χ1n) is 7.63. The van der Waals surface area contributed by atoms with Crippen LogP contribution in [-0.4, -0.2) is 23.0 Å². The third-order valence-corrected chi connectivity index (χ3v) is 5.06. The molecule has 0 spiro atoms. The summed E-state index contributed by atoms with van der Waals surface area (Å²) >= 11 is 1.54. The number of aryl methyl sites for hydroxylation is 2. The number of hydrogen-bond donors (Lipinski definition) is 1. The molecule has 4 rings (SSSR count). The highest BCUT2D eigenvalue weighted by Gasteiger charge is 2.22. The van der Waals surface area contributed by atoms with Gasteiger partial charge in [-0.25, -0.2) is 4.98 Å². The number of rotatable bonds is 3. The molecule has 24 heavy (non-hydrogen) atoms. The largest absolute Gasteiger partial charge is 0.497 e. The van der Waals surface area contributed by atoms with Crippen LogP contribution in [0.4, 0.5) is 5.13 Å². The lowest BCUT2D eigenvalue weighted by Crippen LogP contribution is -2.11. The third kappa shape index (κ3) is 2.65. The van der Waals surface area contributed by atoms with Gasteiger partial charge in [0.05, 0.1) is 18.4 Å². The van der Waals surface area contributed by atoms with Gasteiger partial charge >= 0.3 is 0 Å². The Morgan fingerprint density at radius 2 is 2.21 bits per heavy atom. The van der Waals surface area contributed by atoms with Crippen LogP contribution in [0.1, 0.15) is 20.8 Å². The summed E-state index contributed by atoms with van der Waals surface area (Å²) in [7, 11) is 1.67. The van der Waals surface area contributed by atoms with Crippen LogP contribution in [0, 0.1) is 0 Å². The predicted octanol–water partition coefficient (Wildman–Crippen LogP) is 3.56. The second kappa shape index (κ2) is 6.05. The van der Waals surface area contributed by atoms with Crippen LogP contribution >= 0.6 is 11.3 Å². The summed E-state index contributed by atoms with van der Waals surface area (Å²) in [5.41, 5.74) is 3.84. The van der Waals surface area contributed by atoms with Gasteiger partial charge in [0.1, 0.15) is 5.75 Å². The minimum atomic E-state index is -0.191. The standard InChI is InChI=1S/C18H15N3O2S/c1-23-13-5-6-14-11(9-13)4-7-15-16(14)20-18(24-15)21-17(22)12-3-2-8-19-10-12/h2-3,5-6,8-10H,4,7H2,1H3,(H,20,21,22). The number of fused-ring (bicyclic) bond motifs is 3. The van der Waals surface area contributed by atoms with E-state index in [1.54, 1.807) is 31.6 Å². The molecular weight excluding hydrogens is 322 g/mol. The molecule has 1 amide bonds. The predicted molar refractivity (Wildman–Crippen MR) is 93.7 cm³/mol. The summed E-state index contributed by atoms with van der Waals surface area (Å²) in [5, 5.41) is 3.50. The summed E-state index contributed by atoms with van der Waals surface area (Å²) in [4.78, 5) is 22.1. The Balaban J connectivity index is 1.63. The minimum absolute atomic E-state index is 0.191. The summed E-state index contributed by atoms with van der Waals surface area (Å²) in [6.45, 7) is 0. The minimum Gasteiger partial charge on any atom is -0.497 e. The fourth-order valence-corrected chi connectivity index (χ4v) is 3.81. The maximum absolute atomic E-state index is 12.3. The molecule has 0 bridgehead atoms. The number of nitrogens with zero attached hydrogens (tertiary/aromatic N) is 2. The van der Waals surface area contributed by atoms with E-state index in [-0.39, 0.29) is 5.91 Å². The molecule has 0 saturated carbocycles. The van der Waals surface area contributed by atoms with Crippen molar-refractivity contribution in [1.82, 2.24) is 9.97 Å². The quantitative estimate of drug-likeness (QED) is 0.793. The zero-order valence-electron chi connectivity index (χ0n) is 13.1. The smallest absolute Gasteiger partial charge is 0.259 e. The van der Waals surface area contributed by atoms with Crippen molar-refractivity contribution >= 4 is 22.4 Å². The highest BCUT2D eigenvalue weighted by atomic mass is 32.1. The fraction of sp³-hybridized carbons (Fsp3) is 0.167. The van der Waals surface area contributed by atoms with Crippen molar-refractivity contribution < 1.29 is 9.53 Å². The zero-order chi connectivity index (χ0) is 16.5. The SMILES string of the molecule is COc1ccc2c(c1)CCc1sc(NC(=O)c3cccnc3)nc1-2. The molecule has 0 aliphatic heterocycles. The van der Waals surface area contributed by atoms with Gasteiger partial charge in [-0.3, -0.25) is 15.1 Å². The van der Waals surface area contributed by atoms with Gasteiger partial charge in [-0.1, -0.05) is 0 Å². The lowest BCUT2D eigenvalue weighted by Gasteiger charge is -2.15. The Labute approximate surface area is 143 Å². The van der Waals surface area contributed by atoms with Gasteiger partial charge in [-0.2, -0.15) is 0 Å². The van der Waals surface area contributed by atoms with Crippen LogP contribution in [0.5, 0.6) is 5.75 Å². The van der Waals surface area contributed by atoms with Gasteiger partial charge in [0.15, 0.2) is 5.13 Å². The van der Waals surface area contributed by atoms with E-state index in [2.05, 4.69) is 21.4 Å². The molecular formula is C18H15N3O2S. The Morgan fingerprint density at radius 1 is 1.29 bits per heavy atom. The van der Waals surface area contributed by atoms with Crippen molar-refractivity contribution in [3.8, 4) is 17.0 Å². The van der Waals surface area contributed by atoms with E-state index in [0.29, 0.717) is 10.7 Å². The molecule has 6 heteroatoms. The van der Waals surface area contributed by atoms with Crippen LogP contribution in [0.2, 0.25) is 0 Å². The second-order valence-electron chi connectivity index (χ2n) is 5.51. The van der Waals surface area contributed by atoms with Crippen molar-refractivity contribution in [2.75, 3.05) is 12.4 Å². The van der Waals surface area contributed by atoms with Gasteiger partial charge in [-0.15, -0.1) is 11.3 Å². The van der Waals surface area contributed by atoms with E-state index in [1.807, 2.05) is 12.1 Å². The molecule has 0 saturated heterocycles. The molecule has 0 radical (unpaired) electrons. The molecule has 1 N–H and O–H groups in total. The number of benzene rings is 1. The van der Waals surface area contributed by atoms with Crippen molar-refractivity contribution in [3.05, 3.63) is 58.7 Å². The van der Waals surface area contributed by atoms with Crippen molar-refractivity contribution in [2.24, 2.45) is 0 Å². The number of hydrogen-bond acceptors (Lipinski definition) is 5. The van der Waals surface area contributed by atoms with Crippen LogP contribution in [-0.2, 0) is 12.8 Å². The van der Waals surface area contributed by atoms with Crippen LogP contribution < -0.4 is 10.1 Å². The Morgan fingerprint density at radius 3 is 3.00 bits per heavy atom. The molecule has 1 aliphatic rings. The number of ether oxygens (including phenoxy) is 1. The fourth-order valence-electron chi connectivity index (χ4n) is 2.83. The van der Waals surface area contributed by atoms with E-state index >= 15 is 0 Å². The number of anilines is 1. The topological polar surface area (TPSA) is 64.1 Å². The molecule has 3 aromatic rings. The number of carbonyl (C=O) groups is 1. The second-order valence-corrected chi connectivity index (χ2v) is 6.59. The number of aromatic nitrogens is 2. The number of amides is 1. The molecule has 1 aromatic carbocycles. The average molecular weight is 337 g/mol. The van der Waals surface area contributed by atoms with Gasteiger partial charge in [0, 0.05) is 22.8 Å². The Bertz CT molecular complexity index is 906. The maximum atomic E-state index is 12.3. The first-order valence-corrected chi connectivity index (χ1v) is 8.44. The molecule has 0 unspecified atom stereocenters. The lowest BCUT2D eigenvalue weighted by atomic mass is 9.93. The zero-order valence-corrected chi connectivity index (χ0v) is 13.9. The van der Waals surface area contributed by atoms with Gasteiger partial charge in [0.25, 0.3) is 5.91 Å². The monoisotopic (exact) mass is 337 g/mol. The molecule has 0 atom stereocenters. The molecule has 2 heterocycles. The highest BCUT2D eigenvalue weighted by Crippen LogP contribution is 2.39. The van der Waals surface area contributed by atoms with E-state index in [9.17, 15) is 4.79 Å².